The van der Waals surface area contributed by atoms with Crippen LogP contribution in [0.15, 0.2) is 142 Å². The molecule has 0 aliphatic rings. The van der Waals surface area contributed by atoms with E-state index in [1.165, 1.54) is 0 Å². The van der Waals surface area contributed by atoms with E-state index in [1.807, 2.05) is 109 Å². The summed E-state index contributed by atoms with van der Waals surface area (Å²) in [5.74, 6) is 1.97. The second-order valence-electron chi connectivity index (χ2n) is 9.96. The van der Waals surface area contributed by atoms with Crippen LogP contribution in [-0.4, -0.2) is 49.3 Å². The van der Waals surface area contributed by atoms with Gasteiger partial charge >= 0.3 is 0 Å². The zero-order valence-corrected chi connectivity index (χ0v) is 25.4. The van der Waals surface area contributed by atoms with Gasteiger partial charge in [0.1, 0.15) is 23.0 Å². The number of rotatable bonds is 8. The molecule has 8 nitrogen and oxygen atoms in total. The van der Waals surface area contributed by atoms with Crippen LogP contribution in [0, 0.1) is 0 Å². The van der Waals surface area contributed by atoms with Crippen molar-refractivity contribution in [3.8, 4) is 23.0 Å². The molecule has 0 aliphatic heterocycles. The molecule has 0 saturated heterocycles. The van der Waals surface area contributed by atoms with E-state index in [-0.39, 0.29) is 11.5 Å². The molecule has 0 unspecified atom stereocenters. The summed E-state index contributed by atoms with van der Waals surface area (Å²) in [6.45, 7) is 0. The van der Waals surface area contributed by atoms with E-state index in [0.29, 0.717) is 11.1 Å². The largest absolute Gasteiger partial charge is 0.507 e. The second kappa shape index (κ2) is 15.4. The summed E-state index contributed by atoms with van der Waals surface area (Å²) in [5, 5.41) is 40.2. The van der Waals surface area contributed by atoms with Crippen molar-refractivity contribution in [1.29, 1.82) is 0 Å². The van der Waals surface area contributed by atoms with Crippen molar-refractivity contribution in [2.45, 2.75) is 0 Å². The summed E-state index contributed by atoms with van der Waals surface area (Å²) < 4.78 is 10.2. The second-order valence-corrected chi connectivity index (χ2v) is 9.96. The molecule has 0 saturated carbocycles. The molecule has 0 heterocycles. The van der Waals surface area contributed by atoms with Crippen molar-refractivity contribution in [3.05, 3.63) is 144 Å². The molecule has 0 aliphatic carbocycles. The summed E-state index contributed by atoms with van der Waals surface area (Å²) in [7, 11) is 3.26. The van der Waals surface area contributed by atoms with Gasteiger partial charge < -0.3 is 19.7 Å². The molecule has 2 N–H and O–H groups in total. The Balaban J connectivity index is 0.000000181. The number of hydrogen-bond acceptors (Lipinski definition) is 8. The Hall–Kier alpha value is -6.28. The zero-order valence-electron chi connectivity index (χ0n) is 25.4. The van der Waals surface area contributed by atoms with Crippen molar-refractivity contribution < 1.29 is 19.7 Å². The van der Waals surface area contributed by atoms with Gasteiger partial charge in [0.05, 0.1) is 39.1 Å². The van der Waals surface area contributed by atoms with Gasteiger partial charge in [0.2, 0.25) is 0 Å². The summed E-state index contributed by atoms with van der Waals surface area (Å²) in [6.07, 6.45) is 6.44. The molecule has 0 radical (unpaired) electrons. The van der Waals surface area contributed by atoms with E-state index in [4.69, 9.17) is 9.47 Å². The van der Waals surface area contributed by atoms with Gasteiger partial charge in [-0.2, -0.15) is 20.4 Å². The van der Waals surface area contributed by atoms with Gasteiger partial charge in [-0.25, -0.2) is 0 Å². The van der Waals surface area contributed by atoms with E-state index >= 15 is 0 Å². The van der Waals surface area contributed by atoms with Gasteiger partial charge in [-0.15, -0.1) is 0 Å². The molecular formula is C38H32N4O4. The number of fused-ring (bicyclic) bond motifs is 2. The molecule has 0 spiro atoms. The number of methoxy groups -OCH3 is 2. The first-order chi connectivity index (χ1) is 22.6. The minimum Gasteiger partial charge on any atom is -0.507 e. The first kappa shape index (κ1) is 31.2. The average Bonchev–Trinajstić information content (AvgIpc) is 3.11. The van der Waals surface area contributed by atoms with E-state index in [2.05, 4.69) is 20.4 Å². The minimum absolute atomic E-state index is 0.187. The number of nitrogens with zero attached hydrogens (tertiary/aromatic N) is 4. The lowest BCUT2D eigenvalue weighted by atomic mass is 10.0. The Morgan fingerprint density at radius 1 is 0.435 bits per heavy atom. The molecule has 6 aromatic carbocycles. The topological polar surface area (TPSA) is 108 Å². The summed E-state index contributed by atoms with van der Waals surface area (Å²) in [6, 6.07) is 37.8. The molecule has 6 rings (SSSR count). The Kier molecular flexibility index (Phi) is 10.5. The van der Waals surface area contributed by atoms with Crippen LogP contribution in [0.3, 0.4) is 0 Å². The first-order valence-corrected chi connectivity index (χ1v) is 14.4. The fourth-order valence-electron chi connectivity index (χ4n) is 4.60. The standard InChI is InChI=1S/2C19H16N2O2/c2*1-23-16-9-6-14(7-10-16)12-20-21-13-18-17-5-3-2-4-15(17)8-11-19(18)22/h2*2-13,22H,1H3/b2*20-12+,21-13+. The molecule has 6 aromatic rings. The van der Waals surface area contributed by atoms with Gasteiger partial charge in [-0.05, 0) is 93.3 Å². The smallest absolute Gasteiger partial charge is 0.125 e. The predicted octanol–water partition coefficient (Wildman–Crippen LogP) is 8.01. The highest BCUT2D eigenvalue weighted by molar-refractivity contribution is 6.03. The summed E-state index contributed by atoms with van der Waals surface area (Å²) in [4.78, 5) is 0. The van der Waals surface area contributed by atoms with Crippen molar-refractivity contribution in [2.24, 2.45) is 20.4 Å². The molecule has 0 aromatic heterocycles. The van der Waals surface area contributed by atoms with Crippen molar-refractivity contribution in [2.75, 3.05) is 14.2 Å². The van der Waals surface area contributed by atoms with Crippen molar-refractivity contribution >= 4 is 46.4 Å². The van der Waals surface area contributed by atoms with E-state index < -0.39 is 0 Å². The lowest BCUT2D eigenvalue weighted by molar-refractivity contribution is 0.414. The molecule has 0 atom stereocenters. The molecule has 8 heteroatoms. The van der Waals surface area contributed by atoms with E-state index in [1.54, 1.807) is 51.2 Å². The molecule has 228 valence electrons. The summed E-state index contributed by atoms with van der Waals surface area (Å²) >= 11 is 0. The molecule has 0 bridgehead atoms. The third kappa shape index (κ3) is 8.00. The Morgan fingerprint density at radius 3 is 1.20 bits per heavy atom. The number of phenolic OH excluding ortho intramolecular Hbond substituents is 2. The van der Waals surface area contributed by atoms with Crippen LogP contribution in [0.2, 0.25) is 0 Å². The number of phenols is 2. The number of ether oxygens (including phenoxy) is 2. The lowest BCUT2D eigenvalue weighted by Crippen LogP contribution is -1.86. The normalized spacial score (nSPS) is 11.5. The average molecular weight is 609 g/mol. The number of aromatic hydroxyl groups is 2. The van der Waals surface area contributed by atoms with Gasteiger partial charge in [0, 0.05) is 11.1 Å². The first-order valence-electron chi connectivity index (χ1n) is 14.4. The maximum atomic E-state index is 10.0. The fraction of sp³-hybridized carbons (Fsp3) is 0.0526. The Bertz CT molecular complexity index is 1890. The molecule has 0 amide bonds. The van der Waals surface area contributed by atoms with Crippen LogP contribution < -0.4 is 9.47 Å². The highest BCUT2D eigenvalue weighted by Crippen LogP contribution is 2.26. The lowest BCUT2D eigenvalue weighted by Gasteiger charge is -2.03. The van der Waals surface area contributed by atoms with Crippen LogP contribution in [0.25, 0.3) is 21.5 Å². The highest BCUT2D eigenvalue weighted by Gasteiger charge is 2.05. The maximum Gasteiger partial charge on any atom is 0.125 e. The monoisotopic (exact) mass is 608 g/mol. The number of benzene rings is 6. The third-order valence-electron chi connectivity index (χ3n) is 7.05. The molecule has 46 heavy (non-hydrogen) atoms. The maximum absolute atomic E-state index is 10.0. The van der Waals surface area contributed by atoms with Gasteiger partial charge in [0.25, 0.3) is 0 Å². The predicted molar refractivity (Wildman–Crippen MR) is 188 cm³/mol. The SMILES string of the molecule is COc1ccc(/C=N/N=C/c2c(O)ccc3ccccc23)cc1.COc1ccc(/C=N/N=C/c2c(O)ccc3ccccc23)cc1. The van der Waals surface area contributed by atoms with Crippen LogP contribution in [0.5, 0.6) is 23.0 Å². The van der Waals surface area contributed by atoms with Crippen molar-refractivity contribution in [3.63, 3.8) is 0 Å². The highest BCUT2D eigenvalue weighted by atomic mass is 16.5. The van der Waals surface area contributed by atoms with Gasteiger partial charge in [-0.3, -0.25) is 0 Å². The van der Waals surface area contributed by atoms with E-state index in [0.717, 1.165) is 44.2 Å². The fourth-order valence-corrected chi connectivity index (χ4v) is 4.60. The van der Waals surface area contributed by atoms with Gasteiger partial charge in [0.15, 0.2) is 0 Å². The quantitative estimate of drug-likeness (QED) is 0.135. The van der Waals surface area contributed by atoms with Crippen LogP contribution in [0.4, 0.5) is 0 Å². The zero-order chi connectivity index (χ0) is 32.1. The number of hydrogen-bond donors (Lipinski definition) is 2. The molecular weight excluding hydrogens is 576 g/mol. The van der Waals surface area contributed by atoms with Crippen LogP contribution in [-0.2, 0) is 0 Å². The van der Waals surface area contributed by atoms with Crippen molar-refractivity contribution in [1.82, 2.24) is 0 Å². The Morgan fingerprint density at radius 2 is 0.804 bits per heavy atom. The van der Waals surface area contributed by atoms with Crippen LogP contribution >= 0.6 is 0 Å². The van der Waals surface area contributed by atoms with Crippen LogP contribution in [0.1, 0.15) is 22.3 Å². The third-order valence-corrected chi connectivity index (χ3v) is 7.05. The van der Waals surface area contributed by atoms with Gasteiger partial charge in [-0.1, -0.05) is 60.7 Å². The van der Waals surface area contributed by atoms with E-state index in [9.17, 15) is 10.2 Å². The minimum atomic E-state index is 0.187. The summed E-state index contributed by atoms with van der Waals surface area (Å²) in [5.41, 5.74) is 3.17. The Labute approximate surface area is 266 Å². The molecule has 0 fully saturated rings.